The maximum absolute atomic E-state index is 12.3. The first-order valence-electron chi connectivity index (χ1n) is 4.48. The van der Waals surface area contributed by atoms with Crippen molar-refractivity contribution in [3.8, 4) is 0 Å². The lowest BCUT2D eigenvalue weighted by Crippen LogP contribution is -2.43. The Balaban J connectivity index is 3.03. The molecule has 1 N–H and O–H groups in total. The standard InChI is InChI=1S/C9H9BrF3NO2S/c1-6(9(11,12)13)14-17(15,16)8-5-3-2-4-7(8)10/h2-6,14H,1H3/t6-/m0/s1. The van der Waals surface area contributed by atoms with Gasteiger partial charge in [-0.3, -0.25) is 0 Å². The van der Waals surface area contributed by atoms with Crippen molar-refractivity contribution in [2.45, 2.75) is 24.0 Å². The van der Waals surface area contributed by atoms with Gasteiger partial charge in [-0.1, -0.05) is 12.1 Å². The lowest BCUT2D eigenvalue weighted by atomic mass is 10.4. The first-order valence-corrected chi connectivity index (χ1v) is 6.76. The van der Waals surface area contributed by atoms with Crippen molar-refractivity contribution in [2.75, 3.05) is 0 Å². The van der Waals surface area contributed by atoms with E-state index in [2.05, 4.69) is 15.9 Å². The van der Waals surface area contributed by atoms with E-state index in [1.54, 1.807) is 10.8 Å². The van der Waals surface area contributed by atoms with E-state index < -0.39 is 22.2 Å². The van der Waals surface area contributed by atoms with Crippen LogP contribution in [-0.2, 0) is 10.0 Å². The Hall–Kier alpha value is -0.600. The van der Waals surface area contributed by atoms with E-state index in [9.17, 15) is 21.6 Å². The van der Waals surface area contributed by atoms with Gasteiger partial charge in [0, 0.05) is 4.47 Å². The van der Waals surface area contributed by atoms with Crippen LogP contribution in [0.5, 0.6) is 0 Å². The molecule has 1 rings (SSSR count). The predicted octanol–water partition coefficient (Wildman–Crippen LogP) is 2.68. The summed E-state index contributed by atoms with van der Waals surface area (Å²) in [4.78, 5) is -0.226. The number of rotatable bonds is 3. The average molecular weight is 332 g/mol. The third-order valence-corrected chi connectivity index (χ3v) is 4.50. The summed E-state index contributed by atoms with van der Waals surface area (Å²) in [5.41, 5.74) is 0. The molecule has 0 aliphatic heterocycles. The number of alkyl halides is 3. The number of nitrogens with one attached hydrogen (secondary N) is 1. The minimum atomic E-state index is -4.62. The average Bonchev–Trinajstić information content (AvgIpc) is 2.15. The van der Waals surface area contributed by atoms with Crippen molar-refractivity contribution < 1.29 is 21.6 Å². The highest BCUT2D eigenvalue weighted by atomic mass is 79.9. The maximum atomic E-state index is 12.3. The molecule has 0 aromatic heterocycles. The summed E-state index contributed by atoms with van der Waals surface area (Å²) >= 11 is 2.97. The highest BCUT2D eigenvalue weighted by molar-refractivity contribution is 9.10. The second-order valence-corrected chi connectivity index (χ2v) is 5.85. The molecular formula is C9H9BrF3NO2S. The monoisotopic (exact) mass is 331 g/mol. The van der Waals surface area contributed by atoms with Crippen LogP contribution in [-0.4, -0.2) is 20.6 Å². The quantitative estimate of drug-likeness (QED) is 0.925. The molecule has 0 aliphatic rings. The minimum Gasteiger partial charge on any atom is -0.207 e. The molecule has 0 heterocycles. The zero-order chi connectivity index (χ0) is 13.3. The summed E-state index contributed by atoms with van der Waals surface area (Å²) in [6, 6.07) is 3.51. The summed E-state index contributed by atoms with van der Waals surface area (Å²) in [7, 11) is -4.19. The first-order chi connectivity index (χ1) is 7.64. The normalized spacial score (nSPS) is 14.6. The van der Waals surface area contributed by atoms with E-state index in [4.69, 9.17) is 0 Å². The van der Waals surface area contributed by atoms with Crippen molar-refractivity contribution in [2.24, 2.45) is 0 Å². The zero-order valence-corrected chi connectivity index (χ0v) is 11.0. The van der Waals surface area contributed by atoms with Gasteiger partial charge in [-0.05, 0) is 35.0 Å². The molecule has 1 aromatic carbocycles. The highest BCUT2D eigenvalue weighted by Gasteiger charge is 2.39. The molecule has 0 unspecified atom stereocenters. The molecule has 1 atom stereocenters. The van der Waals surface area contributed by atoms with Gasteiger partial charge in [0.15, 0.2) is 0 Å². The molecule has 3 nitrogen and oxygen atoms in total. The fourth-order valence-corrected chi connectivity index (χ4v) is 3.26. The number of sulfonamides is 1. The Kier molecular flexibility index (Phi) is 4.21. The molecule has 0 saturated carbocycles. The molecule has 1 aromatic rings. The fourth-order valence-electron chi connectivity index (χ4n) is 1.03. The molecule has 8 heteroatoms. The molecule has 0 spiro atoms. The Labute approximate surface area is 105 Å². The van der Waals surface area contributed by atoms with Gasteiger partial charge in [-0.25, -0.2) is 8.42 Å². The summed E-state index contributed by atoms with van der Waals surface area (Å²) in [6.45, 7) is 0.744. The molecule has 0 bridgehead atoms. The fraction of sp³-hybridized carbons (Fsp3) is 0.333. The summed E-state index contributed by atoms with van der Waals surface area (Å²) in [5.74, 6) is 0. The first kappa shape index (κ1) is 14.5. The van der Waals surface area contributed by atoms with E-state index in [-0.39, 0.29) is 9.37 Å². The number of benzene rings is 1. The van der Waals surface area contributed by atoms with Crippen LogP contribution in [0.1, 0.15) is 6.92 Å². The van der Waals surface area contributed by atoms with E-state index in [1.807, 2.05) is 0 Å². The Morgan fingerprint density at radius 2 is 1.82 bits per heavy atom. The van der Waals surface area contributed by atoms with Crippen LogP contribution >= 0.6 is 15.9 Å². The summed E-state index contributed by atoms with van der Waals surface area (Å²) in [5, 5.41) is 0. The van der Waals surface area contributed by atoms with Crippen molar-refractivity contribution >= 4 is 26.0 Å². The minimum absolute atomic E-state index is 0.210. The van der Waals surface area contributed by atoms with Gasteiger partial charge in [0.2, 0.25) is 10.0 Å². The SMILES string of the molecule is C[C@H](NS(=O)(=O)c1ccccc1Br)C(F)(F)F. The third kappa shape index (κ3) is 3.68. The lowest BCUT2D eigenvalue weighted by molar-refractivity contribution is -0.147. The number of halogens is 4. The zero-order valence-electron chi connectivity index (χ0n) is 8.62. The Morgan fingerprint density at radius 3 is 2.29 bits per heavy atom. The van der Waals surface area contributed by atoms with Crippen molar-refractivity contribution in [1.82, 2.24) is 4.72 Å². The van der Waals surface area contributed by atoms with Crippen molar-refractivity contribution in [1.29, 1.82) is 0 Å². The summed E-state index contributed by atoms with van der Waals surface area (Å²) in [6.07, 6.45) is -4.62. The van der Waals surface area contributed by atoms with Crippen LogP contribution in [0.2, 0.25) is 0 Å². The Morgan fingerprint density at radius 1 is 1.29 bits per heavy atom. The van der Waals surface area contributed by atoms with Crippen LogP contribution in [0.4, 0.5) is 13.2 Å². The van der Waals surface area contributed by atoms with Gasteiger partial charge in [-0.15, -0.1) is 0 Å². The van der Waals surface area contributed by atoms with Crippen LogP contribution in [0.25, 0.3) is 0 Å². The Bertz CT molecular complexity index is 501. The molecule has 96 valence electrons. The molecule has 0 saturated heterocycles. The predicted molar refractivity (Wildman–Crippen MR) is 60.0 cm³/mol. The van der Waals surface area contributed by atoms with Gasteiger partial charge in [0.25, 0.3) is 0 Å². The van der Waals surface area contributed by atoms with Gasteiger partial charge < -0.3 is 0 Å². The van der Waals surface area contributed by atoms with Crippen LogP contribution < -0.4 is 4.72 Å². The highest BCUT2D eigenvalue weighted by Crippen LogP contribution is 2.24. The van der Waals surface area contributed by atoms with Crippen LogP contribution in [0.3, 0.4) is 0 Å². The number of hydrogen-bond acceptors (Lipinski definition) is 2. The largest absolute Gasteiger partial charge is 0.404 e. The second-order valence-electron chi connectivity index (χ2n) is 3.32. The smallest absolute Gasteiger partial charge is 0.207 e. The topological polar surface area (TPSA) is 46.2 Å². The molecule has 0 fully saturated rings. The van der Waals surface area contributed by atoms with Gasteiger partial charge in [-0.2, -0.15) is 17.9 Å². The summed E-state index contributed by atoms with van der Waals surface area (Å²) < 4.78 is 61.9. The molecule has 17 heavy (non-hydrogen) atoms. The molecule has 0 radical (unpaired) electrons. The van der Waals surface area contributed by atoms with Crippen molar-refractivity contribution in [3.63, 3.8) is 0 Å². The third-order valence-electron chi connectivity index (χ3n) is 1.95. The number of hydrogen-bond donors (Lipinski definition) is 1. The second kappa shape index (κ2) is 4.95. The molecule has 0 aliphatic carbocycles. The van der Waals surface area contributed by atoms with E-state index in [0.717, 1.165) is 6.92 Å². The van der Waals surface area contributed by atoms with E-state index in [0.29, 0.717) is 0 Å². The van der Waals surface area contributed by atoms with Crippen LogP contribution in [0, 0.1) is 0 Å². The molecule has 0 amide bonds. The van der Waals surface area contributed by atoms with Crippen molar-refractivity contribution in [3.05, 3.63) is 28.7 Å². The van der Waals surface area contributed by atoms with E-state index >= 15 is 0 Å². The van der Waals surface area contributed by atoms with Gasteiger partial charge >= 0.3 is 6.18 Å². The van der Waals surface area contributed by atoms with Gasteiger partial charge in [0.1, 0.15) is 6.04 Å². The lowest BCUT2D eigenvalue weighted by Gasteiger charge is -2.17. The molecular weight excluding hydrogens is 323 g/mol. The maximum Gasteiger partial charge on any atom is 0.404 e. The van der Waals surface area contributed by atoms with E-state index in [1.165, 1.54) is 18.2 Å². The van der Waals surface area contributed by atoms with Gasteiger partial charge in [0.05, 0.1) is 4.90 Å². The van der Waals surface area contributed by atoms with Crippen LogP contribution in [0.15, 0.2) is 33.6 Å².